The number of halogens is 1. The van der Waals surface area contributed by atoms with Crippen LogP contribution in [-0.2, 0) is 6.61 Å². The summed E-state index contributed by atoms with van der Waals surface area (Å²) in [6.45, 7) is 0.312. The molecule has 20 heavy (non-hydrogen) atoms. The highest BCUT2D eigenvalue weighted by molar-refractivity contribution is 7.98. The van der Waals surface area contributed by atoms with Gasteiger partial charge < -0.3 is 4.74 Å². The van der Waals surface area contributed by atoms with E-state index < -0.39 is 0 Å². The van der Waals surface area contributed by atoms with E-state index in [1.54, 1.807) is 23.1 Å². The summed E-state index contributed by atoms with van der Waals surface area (Å²) in [6.07, 6.45) is 2.04. The van der Waals surface area contributed by atoms with E-state index in [0.717, 1.165) is 16.0 Å². The minimum Gasteiger partial charge on any atom is -0.486 e. The summed E-state index contributed by atoms with van der Waals surface area (Å²) < 4.78 is 5.68. The predicted octanol–water partition coefficient (Wildman–Crippen LogP) is 4.65. The first kappa shape index (κ1) is 13.7. The first-order chi connectivity index (χ1) is 9.76. The number of aromatic nitrogens is 2. The van der Waals surface area contributed by atoms with E-state index in [4.69, 9.17) is 16.3 Å². The second kappa shape index (κ2) is 5.99. The third kappa shape index (κ3) is 2.90. The van der Waals surface area contributed by atoms with Crippen LogP contribution in [0.3, 0.4) is 0 Å². The van der Waals surface area contributed by atoms with Crippen molar-refractivity contribution in [3.63, 3.8) is 0 Å². The van der Waals surface area contributed by atoms with Gasteiger partial charge in [0.1, 0.15) is 22.3 Å². The normalized spacial score (nSPS) is 10.9. The summed E-state index contributed by atoms with van der Waals surface area (Å²) in [5.74, 6) is 1.40. The van der Waals surface area contributed by atoms with Crippen molar-refractivity contribution >= 4 is 44.9 Å². The molecule has 0 fully saturated rings. The molecule has 0 unspecified atom stereocenters. The molecule has 0 aliphatic heterocycles. The Morgan fingerprint density at radius 2 is 2.00 bits per heavy atom. The summed E-state index contributed by atoms with van der Waals surface area (Å²) in [4.78, 5) is 10.8. The van der Waals surface area contributed by atoms with Gasteiger partial charge in [-0.3, -0.25) is 0 Å². The molecular formula is C14H11ClN2OS2. The van der Waals surface area contributed by atoms with Gasteiger partial charge in [0, 0.05) is 10.3 Å². The Labute approximate surface area is 130 Å². The molecule has 0 saturated carbocycles. The van der Waals surface area contributed by atoms with Crippen LogP contribution < -0.4 is 4.74 Å². The first-order valence-electron chi connectivity index (χ1n) is 5.93. The molecule has 0 bridgehead atoms. The minimum absolute atomic E-state index is 0.312. The first-order valence-corrected chi connectivity index (χ1v) is 8.41. The van der Waals surface area contributed by atoms with E-state index in [0.29, 0.717) is 17.6 Å². The summed E-state index contributed by atoms with van der Waals surface area (Å²) in [6, 6.07) is 9.86. The van der Waals surface area contributed by atoms with Crippen molar-refractivity contribution in [1.82, 2.24) is 9.97 Å². The van der Waals surface area contributed by atoms with Gasteiger partial charge in [0.2, 0.25) is 0 Å². The molecular weight excluding hydrogens is 312 g/mol. The molecule has 0 radical (unpaired) electrons. The number of nitrogens with zero attached hydrogens (tertiary/aromatic N) is 2. The average Bonchev–Trinajstić information content (AvgIpc) is 2.94. The third-order valence-electron chi connectivity index (χ3n) is 2.75. The van der Waals surface area contributed by atoms with E-state index in [9.17, 15) is 0 Å². The van der Waals surface area contributed by atoms with Crippen LogP contribution in [0.4, 0.5) is 0 Å². The van der Waals surface area contributed by atoms with Gasteiger partial charge in [-0.2, -0.15) is 0 Å². The van der Waals surface area contributed by atoms with E-state index >= 15 is 0 Å². The van der Waals surface area contributed by atoms with Gasteiger partial charge in [-0.15, -0.1) is 23.1 Å². The molecule has 102 valence electrons. The molecule has 0 aliphatic carbocycles. The lowest BCUT2D eigenvalue weighted by Gasteiger charge is -2.06. The fraction of sp³-hybridized carbons (Fsp3) is 0.143. The Bertz CT molecular complexity index is 728. The van der Waals surface area contributed by atoms with E-state index in [2.05, 4.69) is 9.97 Å². The fourth-order valence-electron chi connectivity index (χ4n) is 1.74. The SMILES string of the molecule is CSc1ccc(OCc2nc(Cl)c3ccsc3n2)cc1. The molecule has 0 saturated heterocycles. The highest BCUT2D eigenvalue weighted by atomic mass is 35.5. The largest absolute Gasteiger partial charge is 0.486 e. The van der Waals surface area contributed by atoms with Crippen molar-refractivity contribution in [3.8, 4) is 5.75 Å². The van der Waals surface area contributed by atoms with E-state index in [1.807, 2.05) is 42.0 Å². The summed E-state index contributed by atoms with van der Waals surface area (Å²) in [5, 5.41) is 3.33. The number of benzene rings is 1. The molecule has 0 atom stereocenters. The van der Waals surface area contributed by atoms with Gasteiger partial charge in [-0.25, -0.2) is 9.97 Å². The van der Waals surface area contributed by atoms with E-state index in [-0.39, 0.29) is 0 Å². The molecule has 2 heterocycles. The number of thioether (sulfide) groups is 1. The van der Waals surface area contributed by atoms with Crippen molar-refractivity contribution in [2.75, 3.05) is 6.26 Å². The highest BCUT2D eigenvalue weighted by Gasteiger charge is 2.07. The van der Waals surface area contributed by atoms with Crippen molar-refractivity contribution in [3.05, 3.63) is 46.7 Å². The molecule has 3 nitrogen and oxygen atoms in total. The summed E-state index contributed by atoms with van der Waals surface area (Å²) in [7, 11) is 0. The lowest BCUT2D eigenvalue weighted by atomic mass is 10.3. The molecule has 0 aliphatic rings. The Kier molecular flexibility index (Phi) is 4.10. The quantitative estimate of drug-likeness (QED) is 0.517. The maximum Gasteiger partial charge on any atom is 0.169 e. The summed E-state index contributed by atoms with van der Waals surface area (Å²) >= 11 is 9.37. The second-order valence-corrected chi connectivity index (χ2v) is 6.17. The van der Waals surface area contributed by atoms with Crippen LogP contribution in [0.5, 0.6) is 5.75 Å². The fourth-order valence-corrected chi connectivity index (χ4v) is 3.24. The van der Waals surface area contributed by atoms with Gasteiger partial charge in [-0.05, 0) is 42.0 Å². The number of fused-ring (bicyclic) bond motifs is 1. The number of hydrogen-bond donors (Lipinski definition) is 0. The third-order valence-corrected chi connectivity index (χ3v) is 4.59. The molecule has 3 aromatic rings. The van der Waals surface area contributed by atoms with Gasteiger partial charge in [-0.1, -0.05) is 11.6 Å². The highest BCUT2D eigenvalue weighted by Crippen LogP contribution is 2.25. The minimum atomic E-state index is 0.312. The number of thiophene rings is 1. The van der Waals surface area contributed by atoms with Crippen LogP contribution in [0, 0.1) is 0 Å². The zero-order chi connectivity index (χ0) is 13.9. The predicted molar refractivity (Wildman–Crippen MR) is 85.0 cm³/mol. The Hall–Kier alpha value is -1.30. The summed E-state index contributed by atoms with van der Waals surface area (Å²) in [5.41, 5.74) is 0. The standard InChI is InChI=1S/C14H11ClN2OS2/c1-19-10-4-2-9(3-5-10)18-8-12-16-13(15)11-6-7-20-14(11)17-12/h2-7H,8H2,1H3. The molecule has 2 aromatic heterocycles. The van der Waals surface area contributed by atoms with Crippen LogP contribution in [0.2, 0.25) is 5.15 Å². The number of rotatable bonds is 4. The van der Waals surface area contributed by atoms with Crippen molar-refractivity contribution < 1.29 is 4.74 Å². The zero-order valence-corrected chi connectivity index (χ0v) is 13.1. The maximum absolute atomic E-state index is 6.12. The van der Waals surface area contributed by atoms with Gasteiger partial charge in [0.05, 0.1) is 0 Å². The van der Waals surface area contributed by atoms with E-state index in [1.165, 1.54) is 4.90 Å². The lowest BCUT2D eigenvalue weighted by molar-refractivity contribution is 0.296. The smallest absolute Gasteiger partial charge is 0.169 e. The Balaban J connectivity index is 1.75. The van der Waals surface area contributed by atoms with Gasteiger partial charge >= 0.3 is 0 Å². The molecule has 1 aromatic carbocycles. The number of ether oxygens (including phenoxy) is 1. The zero-order valence-electron chi connectivity index (χ0n) is 10.7. The van der Waals surface area contributed by atoms with Crippen molar-refractivity contribution in [2.45, 2.75) is 11.5 Å². The van der Waals surface area contributed by atoms with Crippen LogP contribution in [0.15, 0.2) is 40.6 Å². The number of hydrogen-bond acceptors (Lipinski definition) is 5. The Morgan fingerprint density at radius 1 is 1.20 bits per heavy atom. The molecule has 0 spiro atoms. The molecule has 0 amide bonds. The Morgan fingerprint density at radius 3 is 2.75 bits per heavy atom. The van der Waals surface area contributed by atoms with Crippen LogP contribution in [0.25, 0.3) is 10.2 Å². The van der Waals surface area contributed by atoms with Gasteiger partial charge in [0.15, 0.2) is 5.82 Å². The van der Waals surface area contributed by atoms with Gasteiger partial charge in [0.25, 0.3) is 0 Å². The van der Waals surface area contributed by atoms with Crippen LogP contribution in [-0.4, -0.2) is 16.2 Å². The monoisotopic (exact) mass is 322 g/mol. The van der Waals surface area contributed by atoms with Crippen LogP contribution >= 0.6 is 34.7 Å². The second-order valence-electron chi connectivity index (χ2n) is 4.03. The topological polar surface area (TPSA) is 35.0 Å². The average molecular weight is 323 g/mol. The lowest BCUT2D eigenvalue weighted by Crippen LogP contribution is -2.01. The molecule has 0 N–H and O–H groups in total. The molecule has 3 rings (SSSR count). The van der Waals surface area contributed by atoms with Crippen molar-refractivity contribution in [2.24, 2.45) is 0 Å². The molecule has 6 heteroatoms. The van der Waals surface area contributed by atoms with Crippen molar-refractivity contribution in [1.29, 1.82) is 0 Å². The maximum atomic E-state index is 6.12. The van der Waals surface area contributed by atoms with Crippen LogP contribution in [0.1, 0.15) is 5.82 Å².